The molecule has 0 radical (unpaired) electrons. The summed E-state index contributed by atoms with van der Waals surface area (Å²) in [5, 5.41) is 38.1. The highest BCUT2D eigenvalue weighted by atomic mass is 35.5. The van der Waals surface area contributed by atoms with Crippen LogP contribution in [-0.2, 0) is 0 Å². The van der Waals surface area contributed by atoms with Gasteiger partial charge in [0.05, 0.1) is 11.4 Å². The minimum absolute atomic E-state index is 0.162. The van der Waals surface area contributed by atoms with Gasteiger partial charge >= 0.3 is 0 Å². The molecular weight excluding hydrogens is 624 g/mol. The maximum absolute atomic E-state index is 10.4. The molecule has 0 amide bonds. The number of nitrogens with one attached hydrogen (secondary N) is 2. The molecule has 2 aromatic carbocycles. The Morgan fingerprint density at radius 2 is 1.15 bits per heavy atom. The number of rotatable bonds is 7. The lowest BCUT2D eigenvalue weighted by atomic mass is 10.1. The molecule has 0 saturated carbocycles. The quantitative estimate of drug-likeness (QED) is 0.156. The predicted octanol–water partition coefficient (Wildman–Crippen LogP) is 7.96. The van der Waals surface area contributed by atoms with Crippen molar-refractivity contribution in [1.82, 2.24) is 29.3 Å². The van der Waals surface area contributed by atoms with Crippen LogP contribution >= 0.6 is 11.6 Å². The van der Waals surface area contributed by atoms with Crippen molar-refractivity contribution >= 4 is 34.9 Å². The molecule has 12 heteroatoms. The second-order valence-corrected chi connectivity index (χ2v) is 11.9. The Balaban J connectivity index is 1.44. The molecule has 0 unspecified atom stereocenters. The molecule has 0 fully saturated rings. The van der Waals surface area contributed by atoms with Crippen LogP contribution in [0.2, 0.25) is 5.02 Å². The van der Waals surface area contributed by atoms with Crippen molar-refractivity contribution in [3.8, 4) is 40.4 Å². The fraction of sp³-hybridized carbons (Fsp3) is 0.167. The van der Waals surface area contributed by atoms with Crippen molar-refractivity contribution in [2.24, 2.45) is 0 Å². The summed E-state index contributed by atoms with van der Waals surface area (Å²) in [6, 6.07) is 19.1. The number of nitriles is 2. The van der Waals surface area contributed by atoms with Gasteiger partial charge in [0.25, 0.3) is 0 Å². The van der Waals surface area contributed by atoms with Gasteiger partial charge in [0.1, 0.15) is 29.3 Å². The first-order valence-electron chi connectivity index (χ1n) is 15.0. The van der Waals surface area contributed by atoms with Crippen molar-refractivity contribution in [3.05, 3.63) is 111 Å². The average molecular weight is 655 g/mol. The molecule has 0 bridgehead atoms. The minimum atomic E-state index is 0.162. The van der Waals surface area contributed by atoms with Gasteiger partial charge in [0.2, 0.25) is 11.9 Å². The normalized spacial score (nSPS) is 10.9. The molecule has 0 saturated heterocycles. The molecule has 238 valence electrons. The third-order valence-corrected chi connectivity index (χ3v) is 8.78. The van der Waals surface area contributed by atoms with Crippen LogP contribution in [0, 0.1) is 64.2 Å². The molecule has 4 aromatic heterocycles. The van der Waals surface area contributed by atoms with Crippen LogP contribution in [0.5, 0.6) is 5.75 Å². The van der Waals surface area contributed by atoms with Crippen LogP contribution in [-0.4, -0.2) is 34.4 Å². The van der Waals surface area contributed by atoms with Gasteiger partial charge in [-0.1, -0.05) is 17.7 Å². The molecule has 48 heavy (non-hydrogen) atoms. The van der Waals surface area contributed by atoms with Crippen molar-refractivity contribution in [2.45, 2.75) is 41.5 Å². The van der Waals surface area contributed by atoms with Crippen LogP contribution in [0.4, 0.5) is 23.3 Å². The lowest BCUT2D eigenvalue weighted by Gasteiger charge is -2.15. The van der Waals surface area contributed by atoms with Crippen LogP contribution in [0.1, 0.15) is 45.0 Å². The summed E-state index contributed by atoms with van der Waals surface area (Å²) in [5.74, 6) is 0.881. The highest BCUT2D eigenvalue weighted by Crippen LogP contribution is 2.36. The van der Waals surface area contributed by atoms with E-state index in [9.17, 15) is 15.6 Å². The number of nitrogens with zero attached hydrogens (tertiary/aromatic N) is 8. The third kappa shape index (κ3) is 5.57. The van der Waals surface area contributed by atoms with Gasteiger partial charge in [-0.25, -0.2) is 29.3 Å². The van der Waals surface area contributed by atoms with E-state index in [2.05, 4.69) is 32.7 Å². The van der Waals surface area contributed by atoms with Crippen molar-refractivity contribution in [1.29, 1.82) is 10.5 Å². The summed E-state index contributed by atoms with van der Waals surface area (Å²) in [5.41, 5.74) is 9.42. The molecule has 3 N–H and O–H groups in total. The fourth-order valence-electron chi connectivity index (χ4n) is 5.95. The van der Waals surface area contributed by atoms with Gasteiger partial charge in [0.15, 0.2) is 0 Å². The first-order chi connectivity index (χ1) is 23.0. The number of aromatic hydroxyl groups is 1. The van der Waals surface area contributed by atoms with Crippen molar-refractivity contribution in [2.75, 3.05) is 10.6 Å². The molecule has 0 aliphatic heterocycles. The smallest absolute Gasteiger partial charge is 0.227 e. The van der Waals surface area contributed by atoms with Crippen LogP contribution < -0.4 is 10.6 Å². The summed E-state index contributed by atoms with van der Waals surface area (Å²) in [6.07, 6.45) is 3.30. The summed E-state index contributed by atoms with van der Waals surface area (Å²) in [6.45, 7) is 11.3. The number of phenols is 1. The van der Waals surface area contributed by atoms with Crippen LogP contribution in [0.3, 0.4) is 0 Å². The first kappa shape index (κ1) is 31.8. The Morgan fingerprint density at radius 1 is 0.667 bits per heavy atom. The second kappa shape index (κ2) is 12.6. The number of hydrogen-bond donors (Lipinski definition) is 3. The van der Waals surface area contributed by atoms with Gasteiger partial charge < -0.3 is 15.7 Å². The van der Waals surface area contributed by atoms with Gasteiger partial charge in [-0.3, -0.25) is 0 Å². The predicted molar refractivity (Wildman–Crippen MR) is 186 cm³/mol. The Bertz CT molecular complexity index is 2160. The highest BCUT2D eigenvalue weighted by molar-refractivity contribution is 6.31. The van der Waals surface area contributed by atoms with E-state index in [-0.39, 0.29) is 5.75 Å². The van der Waals surface area contributed by atoms with E-state index in [1.165, 1.54) is 0 Å². The Kier molecular flexibility index (Phi) is 8.32. The van der Waals surface area contributed by atoms with Gasteiger partial charge in [-0.2, -0.15) is 10.5 Å². The zero-order valence-corrected chi connectivity index (χ0v) is 27.9. The monoisotopic (exact) mass is 654 g/mol. The summed E-state index contributed by atoms with van der Waals surface area (Å²) < 4.78 is 3.53. The third-order valence-electron chi connectivity index (χ3n) is 8.36. The van der Waals surface area contributed by atoms with E-state index in [1.807, 2.05) is 65.8 Å². The van der Waals surface area contributed by atoms with Gasteiger partial charge in [-0.15, -0.1) is 0 Å². The number of aromatic nitrogens is 6. The molecule has 0 atom stereocenters. The number of halogens is 1. The highest BCUT2D eigenvalue weighted by Gasteiger charge is 2.27. The molecule has 0 spiro atoms. The molecule has 4 heterocycles. The van der Waals surface area contributed by atoms with E-state index >= 15 is 0 Å². The van der Waals surface area contributed by atoms with Crippen molar-refractivity contribution in [3.63, 3.8) is 0 Å². The van der Waals surface area contributed by atoms with Gasteiger partial charge in [0, 0.05) is 57.4 Å². The minimum Gasteiger partial charge on any atom is -0.508 e. The van der Waals surface area contributed by atoms with Gasteiger partial charge in [-0.05, 0) is 100 Å². The number of benzene rings is 2. The second-order valence-electron chi connectivity index (χ2n) is 11.5. The molecule has 0 aliphatic rings. The van der Waals surface area contributed by atoms with E-state index < -0.39 is 0 Å². The molecule has 0 aliphatic carbocycles. The molecular formula is C36H31ClN10O. The molecule has 6 aromatic rings. The number of hydrogen-bond acceptors (Lipinski definition) is 9. The van der Waals surface area contributed by atoms with Crippen LogP contribution in [0.15, 0.2) is 60.9 Å². The number of aryl methyl sites for hydroxylation is 2. The van der Waals surface area contributed by atoms with E-state index in [1.54, 1.807) is 46.0 Å². The lowest BCUT2D eigenvalue weighted by molar-refractivity contribution is 0.471. The van der Waals surface area contributed by atoms with E-state index in [0.29, 0.717) is 62.2 Å². The summed E-state index contributed by atoms with van der Waals surface area (Å²) in [7, 11) is 0. The molecule has 6 rings (SSSR count). The topological polar surface area (TPSA) is 153 Å². The SMILES string of the molecule is Cc1ccc(Nc2nccc(-c3c(C)c(C#N)n(-n4c(C)c(-c5ccnc(Nc6ccc(Cl)c(C)c6)n5)c(C)c4C#N)c3C)n2)cc1O. The maximum atomic E-state index is 10.4. The zero-order valence-electron chi connectivity index (χ0n) is 27.2. The number of phenolic OH excluding ortho intramolecular Hbond substituents is 1. The standard InChI is InChI=1S/C36H31ClN10O/c1-19-7-8-26(16-32(19)48)43-36-41-14-12-29(45-36)34-22(4)31(18-39)47(24(34)6)46-23(5)33(21(3)30(46)17-38)28-11-13-40-35(44-28)42-25-9-10-27(37)20(2)15-25/h7-16,48H,1-6H3,(H,40,42,44)(H,41,43,45). The Labute approximate surface area is 282 Å². The summed E-state index contributed by atoms with van der Waals surface area (Å²) in [4.78, 5) is 18.3. The van der Waals surface area contributed by atoms with E-state index in [0.717, 1.165) is 33.6 Å². The van der Waals surface area contributed by atoms with Crippen molar-refractivity contribution < 1.29 is 5.11 Å². The summed E-state index contributed by atoms with van der Waals surface area (Å²) >= 11 is 6.20. The Hall–Kier alpha value is -6.17. The largest absolute Gasteiger partial charge is 0.508 e. The number of anilines is 4. The molecule has 11 nitrogen and oxygen atoms in total. The fourth-order valence-corrected chi connectivity index (χ4v) is 6.06. The maximum Gasteiger partial charge on any atom is 0.227 e. The first-order valence-corrected chi connectivity index (χ1v) is 15.4. The van der Waals surface area contributed by atoms with Crippen LogP contribution in [0.25, 0.3) is 22.5 Å². The van der Waals surface area contributed by atoms with E-state index in [4.69, 9.17) is 21.6 Å². The average Bonchev–Trinajstić information content (AvgIpc) is 3.46. The Morgan fingerprint density at radius 3 is 1.60 bits per heavy atom. The zero-order chi connectivity index (χ0) is 34.3. The lowest BCUT2D eigenvalue weighted by Crippen LogP contribution is -2.17.